The minimum atomic E-state index is -4.92. The van der Waals surface area contributed by atoms with Crippen molar-refractivity contribution >= 4 is 19.1 Å². The number of halogens is 6. The van der Waals surface area contributed by atoms with E-state index in [-0.39, 0.29) is 22.9 Å². The first-order valence-corrected chi connectivity index (χ1v) is 12.2. The maximum atomic E-state index is 13.3. The molecule has 0 aliphatic rings. The number of alkyl halides is 6. The Hall–Kier alpha value is -2.16. The molecule has 166 valence electrons. The fourth-order valence-corrected chi connectivity index (χ4v) is 5.63. The molecular formula is C21H25F6NOSi. The van der Waals surface area contributed by atoms with Gasteiger partial charge in [-0.25, -0.2) is 0 Å². The maximum absolute atomic E-state index is 13.3. The zero-order valence-corrected chi connectivity index (χ0v) is 18.6. The lowest BCUT2D eigenvalue weighted by Gasteiger charge is -2.38. The molecule has 0 aliphatic carbocycles. The van der Waals surface area contributed by atoms with Gasteiger partial charge >= 0.3 is 12.4 Å². The third kappa shape index (κ3) is 4.76. The average Bonchev–Trinajstić information content (AvgIpc) is 2.58. The lowest BCUT2D eigenvalue weighted by atomic mass is 9.86. The van der Waals surface area contributed by atoms with Crippen molar-refractivity contribution in [3.63, 3.8) is 0 Å². The smallest absolute Gasteiger partial charge is 0.416 e. The molecule has 0 radical (unpaired) electrons. The minimum Gasteiger partial charge on any atom is -0.508 e. The van der Waals surface area contributed by atoms with Crippen molar-refractivity contribution < 1.29 is 31.4 Å². The number of phenols is 1. The predicted molar refractivity (Wildman–Crippen MR) is 109 cm³/mol. The largest absolute Gasteiger partial charge is 0.508 e. The van der Waals surface area contributed by atoms with Crippen LogP contribution in [0.1, 0.15) is 37.5 Å². The van der Waals surface area contributed by atoms with Crippen LogP contribution in [0.3, 0.4) is 0 Å². The third-order valence-corrected chi connectivity index (χ3v) is 8.96. The molecule has 0 bridgehead atoms. The first-order chi connectivity index (χ1) is 13.4. The number of hydrogen-bond acceptors (Lipinski definition) is 2. The lowest BCUT2D eigenvalue weighted by Crippen LogP contribution is -2.57. The van der Waals surface area contributed by atoms with Gasteiger partial charge in [-0.2, -0.15) is 26.3 Å². The van der Waals surface area contributed by atoms with Gasteiger partial charge in [-0.15, -0.1) is 0 Å². The van der Waals surface area contributed by atoms with Gasteiger partial charge in [-0.05, 0) is 49.3 Å². The van der Waals surface area contributed by atoms with Crippen LogP contribution < -0.4 is 9.75 Å². The van der Waals surface area contributed by atoms with Crippen LogP contribution >= 0.6 is 0 Å². The van der Waals surface area contributed by atoms with Crippen LogP contribution in [0.15, 0.2) is 36.4 Å². The highest BCUT2D eigenvalue weighted by Gasteiger charge is 2.40. The molecule has 0 fully saturated rings. The molecule has 0 heterocycles. The second-order valence-electron chi connectivity index (χ2n) is 8.83. The van der Waals surface area contributed by atoms with E-state index >= 15 is 0 Å². The Morgan fingerprint density at radius 3 is 1.70 bits per heavy atom. The summed E-state index contributed by atoms with van der Waals surface area (Å²) >= 11 is 0. The number of hydrogen-bond donors (Lipinski definition) is 1. The van der Waals surface area contributed by atoms with E-state index in [1.807, 2.05) is 20.8 Å². The monoisotopic (exact) mass is 449 g/mol. The van der Waals surface area contributed by atoms with Gasteiger partial charge in [0.1, 0.15) is 5.75 Å². The van der Waals surface area contributed by atoms with Gasteiger partial charge in [0.05, 0.1) is 11.1 Å². The molecule has 0 saturated heterocycles. The number of nitrogens with zero attached hydrogens (tertiary/aromatic N) is 1. The van der Waals surface area contributed by atoms with E-state index in [2.05, 4.69) is 0 Å². The topological polar surface area (TPSA) is 23.5 Å². The normalized spacial score (nSPS) is 13.5. The molecule has 0 unspecified atom stereocenters. The molecule has 0 saturated carbocycles. The number of anilines is 1. The molecule has 0 aliphatic heterocycles. The van der Waals surface area contributed by atoms with Crippen LogP contribution in [-0.2, 0) is 17.8 Å². The maximum Gasteiger partial charge on any atom is 0.416 e. The molecule has 2 aromatic rings. The van der Waals surface area contributed by atoms with E-state index in [1.165, 1.54) is 11.6 Å². The van der Waals surface area contributed by atoms with Gasteiger partial charge in [0.25, 0.3) is 0 Å². The van der Waals surface area contributed by atoms with Gasteiger partial charge < -0.3 is 9.67 Å². The first kappa shape index (κ1) is 24.1. The van der Waals surface area contributed by atoms with Crippen LogP contribution in [-0.4, -0.2) is 20.4 Å². The van der Waals surface area contributed by atoms with E-state index in [4.69, 9.17) is 0 Å². The van der Waals surface area contributed by atoms with Crippen molar-refractivity contribution in [3.8, 4) is 5.75 Å². The molecule has 0 atom stereocenters. The molecule has 0 spiro atoms. The van der Waals surface area contributed by atoms with Crippen LogP contribution in [0.2, 0.25) is 13.1 Å². The Labute approximate surface area is 173 Å². The quantitative estimate of drug-likeness (QED) is 0.441. The summed E-state index contributed by atoms with van der Waals surface area (Å²) in [6.07, 6.45) is -9.84. The number of aromatic hydroxyl groups is 1. The molecule has 2 rings (SSSR count). The Bertz CT molecular complexity index is 896. The van der Waals surface area contributed by atoms with Crippen molar-refractivity contribution in [3.05, 3.63) is 53.1 Å². The van der Waals surface area contributed by atoms with Crippen molar-refractivity contribution in [1.82, 2.24) is 0 Å². The fraction of sp³-hybridized carbons (Fsp3) is 0.429. The van der Waals surface area contributed by atoms with E-state index < -0.39 is 31.7 Å². The zero-order valence-electron chi connectivity index (χ0n) is 17.6. The summed E-state index contributed by atoms with van der Waals surface area (Å²) in [6, 6.07) is 6.72. The van der Waals surface area contributed by atoms with Crippen LogP contribution in [0.4, 0.5) is 32.0 Å². The number of para-hydroxylation sites is 1. The van der Waals surface area contributed by atoms with E-state index in [1.54, 1.807) is 31.3 Å². The van der Waals surface area contributed by atoms with Crippen molar-refractivity contribution in [1.29, 1.82) is 0 Å². The van der Waals surface area contributed by atoms with Crippen LogP contribution in [0.5, 0.6) is 5.75 Å². The standard InChI is InChI=1S/C21H25F6NOSi/c1-19(2,3)16-8-7-9-17(18(16)29)30(5,6)28(4)15-11-13(20(22,23)24)10-14(12-15)21(25,26)27/h7-12,29H,1-6H3. The molecule has 30 heavy (non-hydrogen) atoms. The van der Waals surface area contributed by atoms with Crippen LogP contribution in [0.25, 0.3) is 0 Å². The molecule has 1 N–H and O–H groups in total. The summed E-state index contributed by atoms with van der Waals surface area (Å²) in [4.78, 5) is 0. The second kappa shape index (κ2) is 7.51. The van der Waals surface area contributed by atoms with Crippen molar-refractivity contribution in [2.75, 3.05) is 11.6 Å². The van der Waals surface area contributed by atoms with E-state index in [0.717, 1.165) is 0 Å². The van der Waals surface area contributed by atoms with Crippen molar-refractivity contribution in [2.45, 2.75) is 51.6 Å². The van der Waals surface area contributed by atoms with Gasteiger partial charge in [-0.1, -0.05) is 39.0 Å². The molecular weight excluding hydrogens is 424 g/mol. The summed E-state index contributed by atoms with van der Waals surface area (Å²) in [5.41, 5.74) is -2.65. The van der Waals surface area contributed by atoms with E-state index in [9.17, 15) is 31.4 Å². The summed E-state index contributed by atoms with van der Waals surface area (Å²) < 4.78 is 81.0. The van der Waals surface area contributed by atoms with Gasteiger partial charge in [0.2, 0.25) is 0 Å². The fourth-order valence-electron chi connectivity index (χ4n) is 3.28. The van der Waals surface area contributed by atoms with Gasteiger partial charge in [0.15, 0.2) is 8.24 Å². The molecule has 2 nitrogen and oxygen atoms in total. The number of phenolic OH excluding ortho intramolecular Hbond substituents is 1. The van der Waals surface area contributed by atoms with Crippen LogP contribution in [0, 0.1) is 0 Å². The highest BCUT2D eigenvalue weighted by molar-refractivity contribution is 6.93. The van der Waals surface area contributed by atoms with Gasteiger partial charge in [0, 0.05) is 10.9 Å². The van der Waals surface area contributed by atoms with Gasteiger partial charge in [-0.3, -0.25) is 0 Å². The Balaban J connectivity index is 2.66. The summed E-state index contributed by atoms with van der Waals surface area (Å²) in [6.45, 7) is 9.26. The van der Waals surface area contributed by atoms with Crippen molar-refractivity contribution in [2.24, 2.45) is 0 Å². The Kier molecular flexibility index (Phi) is 6.04. The highest BCUT2D eigenvalue weighted by Crippen LogP contribution is 2.39. The molecule has 0 amide bonds. The SMILES string of the molecule is CN(c1cc(C(F)(F)F)cc(C(F)(F)F)c1)[Si](C)(C)c1cccc(C(C)(C)C)c1O. The molecule has 9 heteroatoms. The zero-order chi connectivity index (χ0) is 23.3. The average molecular weight is 450 g/mol. The third-order valence-electron chi connectivity index (χ3n) is 5.30. The highest BCUT2D eigenvalue weighted by atomic mass is 28.3. The molecule has 2 aromatic carbocycles. The summed E-state index contributed by atoms with van der Waals surface area (Å²) in [5.74, 6) is 0.0246. The Morgan fingerprint density at radius 2 is 1.30 bits per heavy atom. The summed E-state index contributed by atoms with van der Waals surface area (Å²) in [5, 5.41) is 11.4. The number of benzene rings is 2. The predicted octanol–water partition coefficient (Wildman–Crippen LogP) is 6.28. The second-order valence-corrected chi connectivity index (χ2v) is 13.2. The Morgan fingerprint density at radius 1 is 0.833 bits per heavy atom. The molecule has 0 aromatic heterocycles. The van der Waals surface area contributed by atoms with E-state index in [0.29, 0.717) is 22.9 Å². The summed E-state index contributed by atoms with van der Waals surface area (Å²) in [7, 11) is -1.43. The number of rotatable bonds is 3. The first-order valence-electron chi connectivity index (χ1n) is 9.23. The minimum absolute atomic E-state index is 0.0246. The lowest BCUT2D eigenvalue weighted by molar-refractivity contribution is -0.143.